The summed E-state index contributed by atoms with van der Waals surface area (Å²) >= 11 is 0. The third-order valence-electron chi connectivity index (χ3n) is 6.78. The van der Waals surface area contributed by atoms with Crippen molar-refractivity contribution >= 4 is 0 Å². The van der Waals surface area contributed by atoms with E-state index in [2.05, 4.69) is 44.7 Å². The molecule has 3 heteroatoms. The third-order valence-corrected chi connectivity index (χ3v) is 6.78. The van der Waals surface area contributed by atoms with Crippen molar-refractivity contribution in [3.05, 3.63) is 51.5 Å². The number of aliphatic hydroxyl groups is 1. The minimum Gasteiger partial charge on any atom is -0.388 e. The molecule has 4 atom stereocenters. The molecular weight excluding hydrogens is 310 g/mol. The molecule has 0 amide bonds. The number of hydrogen-bond donors (Lipinski definition) is 1. The second-order valence-corrected chi connectivity index (χ2v) is 8.53. The molecule has 3 aliphatic rings. The average molecular weight is 341 g/mol. The molecule has 3 rings (SSSR count). The fraction of sp³-hybridized carbons (Fsp3) is 0.636. The fourth-order valence-corrected chi connectivity index (χ4v) is 5.41. The van der Waals surface area contributed by atoms with Crippen molar-refractivity contribution in [2.75, 3.05) is 0 Å². The highest BCUT2D eigenvalue weighted by atomic mass is 16.3. The summed E-state index contributed by atoms with van der Waals surface area (Å²) in [6, 6.07) is -0.478. The predicted molar refractivity (Wildman–Crippen MR) is 103 cm³/mol. The lowest BCUT2D eigenvalue weighted by atomic mass is 9.65. The van der Waals surface area contributed by atoms with Crippen molar-refractivity contribution in [3.63, 3.8) is 0 Å². The van der Waals surface area contributed by atoms with E-state index in [0.717, 1.165) is 5.57 Å². The molecule has 0 radical (unpaired) electrons. The number of nitrogens with zero attached hydrogens (tertiary/aromatic N) is 1. The monoisotopic (exact) mass is 341 g/mol. The van der Waals surface area contributed by atoms with E-state index in [-0.39, 0.29) is 0 Å². The highest BCUT2D eigenvalue weighted by Crippen LogP contribution is 2.57. The van der Waals surface area contributed by atoms with Gasteiger partial charge in [-0.1, -0.05) is 53.1 Å². The summed E-state index contributed by atoms with van der Waals surface area (Å²) in [5, 5.41) is 13.2. The first kappa shape index (κ1) is 18.3. The molecule has 136 valence electrons. The van der Waals surface area contributed by atoms with Gasteiger partial charge in [0.2, 0.25) is 0 Å². The Morgan fingerprint density at radius 1 is 1.28 bits per heavy atom. The smallest absolute Gasteiger partial charge is 0.119 e. The van der Waals surface area contributed by atoms with Gasteiger partial charge in [-0.05, 0) is 75.7 Å². The Labute approximate surface area is 151 Å². The highest BCUT2D eigenvalue weighted by molar-refractivity contribution is 5.35. The van der Waals surface area contributed by atoms with Gasteiger partial charge in [0.1, 0.15) is 6.04 Å². The molecule has 0 aromatic carbocycles. The molecule has 0 saturated heterocycles. The molecular formula is C22H31NO2. The summed E-state index contributed by atoms with van der Waals surface area (Å²) in [5.74, 6) is 0.645. The Hall–Kier alpha value is -1.48. The van der Waals surface area contributed by atoms with Crippen LogP contribution in [-0.2, 0) is 0 Å². The number of aliphatic hydroxyl groups excluding tert-OH is 1. The summed E-state index contributed by atoms with van der Waals surface area (Å²) < 4.78 is 0. The molecule has 3 fully saturated rings. The molecule has 3 aliphatic carbocycles. The van der Waals surface area contributed by atoms with Crippen molar-refractivity contribution < 1.29 is 5.11 Å². The van der Waals surface area contributed by atoms with Crippen molar-refractivity contribution in [2.45, 2.75) is 77.9 Å². The van der Waals surface area contributed by atoms with E-state index in [1.165, 1.54) is 37.7 Å². The lowest BCUT2D eigenvalue weighted by Gasteiger charge is -2.40. The van der Waals surface area contributed by atoms with Gasteiger partial charge in [0.05, 0.1) is 6.10 Å². The van der Waals surface area contributed by atoms with E-state index in [9.17, 15) is 10.0 Å². The molecule has 0 aromatic heterocycles. The fourth-order valence-electron chi connectivity index (χ4n) is 5.41. The summed E-state index contributed by atoms with van der Waals surface area (Å²) in [7, 11) is 0. The molecule has 3 saturated carbocycles. The Morgan fingerprint density at radius 3 is 2.72 bits per heavy atom. The lowest BCUT2D eigenvalue weighted by molar-refractivity contribution is 0.192. The van der Waals surface area contributed by atoms with Crippen LogP contribution < -0.4 is 0 Å². The second-order valence-electron chi connectivity index (χ2n) is 8.53. The van der Waals surface area contributed by atoms with Crippen molar-refractivity contribution in [1.29, 1.82) is 0 Å². The minimum absolute atomic E-state index is 0.328. The van der Waals surface area contributed by atoms with Crippen LogP contribution >= 0.6 is 0 Å². The largest absolute Gasteiger partial charge is 0.388 e. The molecule has 0 unspecified atom stereocenters. The molecule has 0 heterocycles. The summed E-state index contributed by atoms with van der Waals surface area (Å²) in [6.45, 7) is 10.8. The van der Waals surface area contributed by atoms with E-state index in [4.69, 9.17) is 0 Å². The number of allylic oxidation sites excluding steroid dienone is 5. The van der Waals surface area contributed by atoms with Crippen LogP contribution in [0.3, 0.4) is 0 Å². The van der Waals surface area contributed by atoms with Gasteiger partial charge in [-0.2, -0.15) is 4.91 Å². The minimum atomic E-state index is -0.638. The first-order chi connectivity index (χ1) is 11.9. The van der Waals surface area contributed by atoms with Gasteiger partial charge in [0.25, 0.3) is 0 Å². The lowest BCUT2D eigenvalue weighted by Crippen LogP contribution is -2.29. The summed E-state index contributed by atoms with van der Waals surface area (Å²) in [4.78, 5) is 11.0. The first-order valence-electron chi connectivity index (χ1n) is 9.61. The maximum absolute atomic E-state index is 11.0. The van der Waals surface area contributed by atoms with E-state index < -0.39 is 12.1 Å². The van der Waals surface area contributed by atoms with Crippen molar-refractivity contribution in [1.82, 2.24) is 0 Å². The Balaban J connectivity index is 1.83. The summed E-state index contributed by atoms with van der Waals surface area (Å²) in [6.07, 6.45) is 11.2. The van der Waals surface area contributed by atoms with Crippen molar-refractivity contribution in [3.8, 4) is 0 Å². The van der Waals surface area contributed by atoms with Crippen LogP contribution in [-0.4, -0.2) is 17.3 Å². The van der Waals surface area contributed by atoms with Gasteiger partial charge in [-0.25, -0.2) is 0 Å². The van der Waals surface area contributed by atoms with Crippen LogP contribution in [0.5, 0.6) is 0 Å². The average Bonchev–Trinajstić information content (AvgIpc) is 2.93. The van der Waals surface area contributed by atoms with Crippen LogP contribution in [0.2, 0.25) is 0 Å². The van der Waals surface area contributed by atoms with Crippen LogP contribution in [0.25, 0.3) is 0 Å². The normalized spacial score (nSPS) is 39.0. The second kappa shape index (κ2) is 7.03. The van der Waals surface area contributed by atoms with Crippen LogP contribution in [0.4, 0.5) is 0 Å². The zero-order valence-corrected chi connectivity index (χ0v) is 15.8. The van der Waals surface area contributed by atoms with E-state index in [1.807, 2.05) is 0 Å². The number of fused-ring (bicyclic) bond motifs is 1. The number of nitroso groups, excluding NO2 is 1. The Bertz CT molecular complexity index is 666. The zero-order valence-electron chi connectivity index (χ0n) is 15.8. The number of rotatable bonds is 2. The van der Waals surface area contributed by atoms with Gasteiger partial charge in [-0.15, -0.1) is 0 Å². The summed E-state index contributed by atoms with van der Waals surface area (Å²) in [5.41, 5.74) is 6.73. The van der Waals surface area contributed by atoms with E-state index in [1.54, 1.807) is 11.1 Å². The van der Waals surface area contributed by atoms with Crippen molar-refractivity contribution in [2.24, 2.45) is 16.5 Å². The maximum atomic E-state index is 11.0. The van der Waals surface area contributed by atoms with Crippen LogP contribution in [0.15, 0.2) is 51.8 Å². The topological polar surface area (TPSA) is 49.7 Å². The molecule has 3 nitrogen and oxygen atoms in total. The van der Waals surface area contributed by atoms with Gasteiger partial charge >= 0.3 is 0 Å². The maximum Gasteiger partial charge on any atom is 0.119 e. The van der Waals surface area contributed by atoms with Gasteiger partial charge in [-0.3, -0.25) is 0 Å². The molecule has 25 heavy (non-hydrogen) atoms. The molecule has 0 spiro atoms. The predicted octanol–water partition coefficient (Wildman–Crippen LogP) is 5.62. The Kier molecular flexibility index (Phi) is 5.15. The zero-order chi connectivity index (χ0) is 18.2. The van der Waals surface area contributed by atoms with Crippen LogP contribution in [0, 0.1) is 16.2 Å². The SMILES string of the molecule is C=C1[C@H](O)C/C(=C\C=C2/CCC[C@]3(C)C(=C(C)C)CC[C@@H]23)C[C@H]1N=O. The van der Waals surface area contributed by atoms with E-state index in [0.29, 0.717) is 29.7 Å². The van der Waals surface area contributed by atoms with E-state index >= 15 is 0 Å². The van der Waals surface area contributed by atoms with Crippen LogP contribution in [0.1, 0.15) is 65.7 Å². The highest BCUT2D eigenvalue weighted by Gasteiger charge is 2.46. The molecule has 0 aromatic rings. The number of hydrogen-bond acceptors (Lipinski definition) is 3. The quantitative estimate of drug-likeness (QED) is 0.523. The molecule has 0 aliphatic heterocycles. The third kappa shape index (κ3) is 3.31. The van der Waals surface area contributed by atoms with Gasteiger partial charge in [0, 0.05) is 0 Å². The molecule has 1 N–H and O–H groups in total. The molecule has 0 bridgehead atoms. The Morgan fingerprint density at radius 2 is 2.04 bits per heavy atom. The van der Waals surface area contributed by atoms with Gasteiger partial charge < -0.3 is 5.11 Å². The first-order valence-corrected chi connectivity index (χ1v) is 9.61. The van der Waals surface area contributed by atoms with Gasteiger partial charge in [0.15, 0.2) is 0 Å². The standard InChI is InChI=1S/C22H31NO2/c1-14(2)18-9-10-19-17(6-5-11-22(18,19)4)8-7-16-12-20(23-25)15(3)21(24)13-16/h7-8,19-21,24H,3,5-6,9-13H2,1-2,4H3/b16-7-,17-8+/t19-,20+,21+,22+/m0/s1.